The van der Waals surface area contributed by atoms with Gasteiger partial charge in [-0.1, -0.05) is 12.1 Å². The first kappa shape index (κ1) is 17.0. The summed E-state index contributed by atoms with van der Waals surface area (Å²) < 4.78 is 55.5. The number of benzene rings is 1. The maximum atomic E-state index is 14.0. The lowest BCUT2D eigenvalue weighted by molar-refractivity contribution is -0.143. The second-order valence-electron chi connectivity index (χ2n) is 6.66. The number of alkyl halides is 3. The highest BCUT2D eigenvalue weighted by Crippen LogP contribution is 2.36. The van der Waals surface area contributed by atoms with E-state index in [2.05, 4.69) is 10.4 Å². The van der Waals surface area contributed by atoms with Gasteiger partial charge in [0, 0.05) is 26.2 Å². The molecule has 2 aromatic rings. The van der Waals surface area contributed by atoms with Crippen LogP contribution in [0.5, 0.6) is 0 Å². The molecule has 2 aliphatic rings. The molecule has 26 heavy (non-hydrogen) atoms. The van der Waals surface area contributed by atoms with E-state index in [0.717, 1.165) is 25.4 Å². The van der Waals surface area contributed by atoms with Gasteiger partial charge in [-0.3, -0.25) is 4.79 Å². The van der Waals surface area contributed by atoms with Crippen molar-refractivity contribution in [1.29, 1.82) is 0 Å². The summed E-state index contributed by atoms with van der Waals surface area (Å²) in [6.45, 7) is 2.35. The minimum atomic E-state index is -4.85. The molecule has 0 unspecified atom stereocenters. The summed E-state index contributed by atoms with van der Waals surface area (Å²) >= 11 is 0. The first-order valence-corrected chi connectivity index (χ1v) is 8.26. The molecule has 2 fully saturated rings. The van der Waals surface area contributed by atoms with Gasteiger partial charge < -0.3 is 10.2 Å². The molecule has 3 heterocycles. The molecule has 0 radical (unpaired) electrons. The van der Waals surface area contributed by atoms with E-state index in [4.69, 9.17) is 0 Å². The molecule has 4 rings (SSSR count). The van der Waals surface area contributed by atoms with E-state index in [0.29, 0.717) is 17.8 Å². The minimum Gasteiger partial charge on any atom is -0.338 e. The summed E-state index contributed by atoms with van der Waals surface area (Å²) in [6, 6.07) is 5.03. The van der Waals surface area contributed by atoms with Crippen molar-refractivity contribution in [3.8, 4) is 5.69 Å². The van der Waals surface area contributed by atoms with Gasteiger partial charge in [0.25, 0.3) is 5.91 Å². The molecule has 2 saturated heterocycles. The highest BCUT2D eigenvalue weighted by Gasteiger charge is 2.44. The molecule has 1 aromatic carbocycles. The molecule has 5 nitrogen and oxygen atoms in total. The number of likely N-dealkylation sites (tertiary alicyclic amines) is 1. The van der Waals surface area contributed by atoms with Crippen LogP contribution in [-0.2, 0) is 6.18 Å². The SMILES string of the molecule is O=C(c1cnn(-c2ccccc2F)c1C(F)(F)F)N1C[C@H]2CNC[C@H]2C1. The van der Waals surface area contributed by atoms with Gasteiger partial charge in [-0.05, 0) is 24.0 Å². The van der Waals surface area contributed by atoms with Crippen LogP contribution in [0.15, 0.2) is 30.5 Å². The first-order valence-electron chi connectivity index (χ1n) is 8.26. The molecule has 2 aliphatic heterocycles. The van der Waals surface area contributed by atoms with Crippen LogP contribution in [0.25, 0.3) is 5.69 Å². The van der Waals surface area contributed by atoms with E-state index in [-0.39, 0.29) is 17.5 Å². The zero-order valence-corrected chi connectivity index (χ0v) is 13.6. The lowest BCUT2D eigenvalue weighted by atomic mass is 10.0. The van der Waals surface area contributed by atoms with Gasteiger partial charge in [-0.2, -0.15) is 18.3 Å². The Balaban J connectivity index is 1.73. The van der Waals surface area contributed by atoms with Crippen molar-refractivity contribution in [2.45, 2.75) is 6.18 Å². The van der Waals surface area contributed by atoms with Gasteiger partial charge in [0.05, 0.1) is 11.8 Å². The summed E-state index contributed by atoms with van der Waals surface area (Å²) in [5.41, 5.74) is -2.14. The maximum Gasteiger partial charge on any atom is 0.434 e. The number of fused-ring (bicyclic) bond motifs is 1. The van der Waals surface area contributed by atoms with E-state index in [9.17, 15) is 22.4 Å². The zero-order valence-electron chi connectivity index (χ0n) is 13.6. The molecule has 0 spiro atoms. The summed E-state index contributed by atoms with van der Waals surface area (Å²) in [7, 11) is 0. The third-order valence-corrected chi connectivity index (χ3v) is 5.03. The molecular weight excluding hydrogens is 352 g/mol. The molecule has 1 N–H and O–H groups in total. The fourth-order valence-corrected chi connectivity index (χ4v) is 3.78. The Hall–Kier alpha value is -2.42. The van der Waals surface area contributed by atoms with Crippen LogP contribution in [0.3, 0.4) is 0 Å². The van der Waals surface area contributed by atoms with Crippen molar-refractivity contribution in [1.82, 2.24) is 20.0 Å². The van der Waals surface area contributed by atoms with Gasteiger partial charge in [-0.15, -0.1) is 0 Å². The van der Waals surface area contributed by atoms with Gasteiger partial charge in [0.2, 0.25) is 0 Å². The second kappa shape index (κ2) is 6.08. The van der Waals surface area contributed by atoms with E-state index in [1.54, 1.807) is 0 Å². The molecule has 0 saturated carbocycles. The molecule has 2 atom stereocenters. The molecule has 0 aliphatic carbocycles. The lowest BCUT2D eigenvalue weighted by Crippen LogP contribution is -2.33. The number of hydrogen-bond donors (Lipinski definition) is 1. The van der Waals surface area contributed by atoms with Crippen molar-refractivity contribution < 1.29 is 22.4 Å². The Labute approximate surface area is 146 Å². The Kier molecular flexibility index (Phi) is 3.98. The van der Waals surface area contributed by atoms with Crippen molar-refractivity contribution in [2.75, 3.05) is 26.2 Å². The zero-order chi connectivity index (χ0) is 18.5. The van der Waals surface area contributed by atoms with E-state index < -0.39 is 29.2 Å². The molecule has 9 heteroatoms. The normalized spacial score (nSPS) is 22.7. The number of halogens is 4. The van der Waals surface area contributed by atoms with Crippen molar-refractivity contribution >= 4 is 5.91 Å². The quantitative estimate of drug-likeness (QED) is 0.828. The number of amides is 1. The molecule has 1 amide bonds. The third kappa shape index (κ3) is 2.76. The Bertz CT molecular complexity index is 836. The minimum absolute atomic E-state index is 0.259. The Morgan fingerprint density at radius 1 is 1.15 bits per heavy atom. The van der Waals surface area contributed by atoms with Crippen LogP contribution >= 0.6 is 0 Å². The average Bonchev–Trinajstić information content (AvgIpc) is 3.27. The van der Waals surface area contributed by atoms with Gasteiger partial charge in [0.1, 0.15) is 11.5 Å². The van der Waals surface area contributed by atoms with E-state index >= 15 is 0 Å². The fourth-order valence-electron chi connectivity index (χ4n) is 3.78. The van der Waals surface area contributed by atoms with Gasteiger partial charge in [-0.25, -0.2) is 9.07 Å². The van der Waals surface area contributed by atoms with E-state index in [1.807, 2.05) is 0 Å². The topological polar surface area (TPSA) is 50.2 Å². The number of hydrogen-bond acceptors (Lipinski definition) is 3. The van der Waals surface area contributed by atoms with Gasteiger partial charge >= 0.3 is 6.18 Å². The molecular formula is C17H16F4N4O. The maximum absolute atomic E-state index is 14.0. The molecule has 1 aromatic heterocycles. The standard InChI is InChI=1S/C17H16F4N4O/c18-13-3-1-2-4-14(13)25-15(17(19,20)21)12(7-23-25)16(26)24-8-10-5-22-6-11(10)9-24/h1-4,7,10-11,22H,5-6,8-9H2/t10-,11+. The highest BCUT2D eigenvalue weighted by atomic mass is 19.4. The Morgan fingerprint density at radius 2 is 1.81 bits per heavy atom. The highest BCUT2D eigenvalue weighted by molar-refractivity contribution is 5.95. The summed E-state index contributed by atoms with van der Waals surface area (Å²) in [4.78, 5) is 14.2. The average molecular weight is 368 g/mol. The van der Waals surface area contributed by atoms with Crippen LogP contribution in [0.4, 0.5) is 17.6 Å². The van der Waals surface area contributed by atoms with Crippen molar-refractivity contribution in [3.05, 3.63) is 47.5 Å². The lowest BCUT2D eigenvalue weighted by Gasteiger charge is -2.19. The number of carbonyl (C=O) groups excluding carboxylic acids is 1. The van der Waals surface area contributed by atoms with Crippen LogP contribution in [0.1, 0.15) is 16.1 Å². The molecule has 0 bridgehead atoms. The summed E-state index contributed by atoms with van der Waals surface area (Å²) in [5, 5.41) is 6.89. The van der Waals surface area contributed by atoms with Crippen molar-refractivity contribution in [3.63, 3.8) is 0 Å². The van der Waals surface area contributed by atoms with Crippen LogP contribution in [-0.4, -0.2) is 46.8 Å². The Morgan fingerprint density at radius 3 is 2.42 bits per heavy atom. The van der Waals surface area contributed by atoms with E-state index in [1.165, 1.54) is 23.1 Å². The number of para-hydroxylation sites is 1. The monoisotopic (exact) mass is 368 g/mol. The van der Waals surface area contributed by atoms with Crippen LogP contribution in [0.2, 0.25) is 0 Å². The number of nitrogens with zero attached hydrogens (tertiary/aromatic N) is 3. The number of carbonyl (C=O) groups is 1. The smallest absolute Gasteiger partial charge is 0.338 e. The van der Waals surface area contributed by atoms with Crippen LogP contribution in [0, 0.1) is 17.7 Å². The van der Waals surface area contributed by atoms with Crippen LogP contribution < -0.4 is 5.32 Å². The third-order valence-electron chi connectivity index (χ3n) is 5.03. The van der Waals surface area contributed by atoms with Crippen molar-refractivity contribution in [2.24, 2.45) is 11.8 Å². The predicted molar refractivity (Wildman–Crippen MR) is 84.3 cm³/mol. The number of aromatic nitrogens is 2. The number of rotatable bonds is 2. The fraction of sp³-hybridized carbons (Fsp3) is 0.412. The summed E-state index contributed by atoms with van der Waals surface area (Å²) in [6.07, 6.45) is -3.97. The molecule has 138 valence electrons. The predicted octanol–water partition coefficient (Wildman–Crippen LogP) is 2.32. The number of nitrogens with one attached hydrogen (secondary N) is 1. The van der Waals surface area contributed by atoms with Gasteiger partial charge in [0.15, 0.2) is 5.69 Å². The second-order valence-corrected chi connectivity index (χ2v) is 6.66. The summed E-state index contributed by atoms with van der Waals surface area (Å²) in [5.74, 6) is -1.04. The largest absolute Gasteiger partial charge is 0.434 e. The first-order chi connectivity index (χ1) is 12.4.